The topological polar surface area (TPSA) is 86.7 Å². The molecule has 1 aromatic carbocycles. The number of fused-ring (bicyclic) bond motifs is 7. The van der Waals surface area contributed by atoms with Gasteiger partial charge in [-0.3, -0.25) is 4.39 Å². The summed E-state index contributed by atoms with van der Waals surface area (Å²) < 4.78 is 38.6. The molecule has 4 saturated carbocycles. The van der Waals surface area contributed by atoms with Gasteiger partial charge in [-0.25, -0.2) is 13.2 Å². The molecular weight excluding hydrogens is 648 g/mol. The van der Waals surface area contributed by atoms with E-state index in [4.69, 9.17) is 0 Å². The first kappa shape index (κ1) is 36.6. The fourth-order valence-electron chi connectivity index (χ4n) is 14.0. The SMILES string of the molecule is CC(CF)C1CCC2(NCCN3CCS(=O)(=O)CC3)CCC3(C)C(CCC4C5(C)CC=C(c6ccc(C(=O)O)cc6)C(C)(C)C5CCC43C)C12. The number of nitrogens with one attached hydrogen (secondary N) is 1. The van der Waals surface area contributed by atoms with Gasteiger partial charge in [-0.1, -0.05) is 59.8 Å². The standard InChI is InChI=1S/C42H63FN2O4S/c1-28(27-43)31-13-18-42(44-21-22-45-23-25-50(48,49)26-24-45)20-19-40(5)33(36(31)42)11-12-35-39(4)16-14-32(29-7-9-30(10-8-29)37(46)47)38(2,3)34(39)15-17-41(35,40)6/h7-10,14,28,31,33-36,44H,11-13,15-27H2,1-6H3,(H,46,47). The van der Waals surface area contributed by atoms with Crippen LogP contribution >= 0.6 is 0 Å². The molecule has 1 aliphatic heterocycles. The Bertz CT molecular complexity index is 1600. The van der Waals surface area contributed by atoms with Gasteiger partial charge >= 0.3 is 5.97 Å². The Hall–Kier alpha value is -1.77. The lowest BCUT2D eigenvalue weighted by molar-refractivity contribution is -0.221. The van der Waals surface area contributed by atoms with Crippen molar-refractivity contribution in [3.05, 3.63) is 41.5 Å². The number of hydrogen-bond donors (Lipinski definition) is 2. The van der Waals surface area contributed by atoms with Gasteiger partial charge in [0.05, 0.1) is 23.7 Å². The van der Waals surface area contributed by atoms with Crippen molar-refractivity contribution in [3.63, 3.8) is 0 Å². The maximum atomic E-state index is 14.6. The largest absolute Gasteiger partial charge is 0.478 e. The van der Waals surface area contributed by atoms with Gasteiger partial charge in [0.15, 0.2) is 9.84 Å². The Morgan fingerprint density at radius 1 is 0.940 bits per heavy atom. The maximum Gasteiger partial charge on any atom is 0.335 e. The second kappa shape index (κ2) is 12.7. The van der Waals surface area contributed by atoms with E-state index in [0.29, 0.717) is 48.2 Å². The monoisotopic (exact) mass is 710 g/mol. The predicted octanol–water partition coefficient (Wildman–Crippen LogP) is 8.14. The zero-order valence-electron chi connectivity index (χ0n) is 31.6. The van der Waals surface area contributed by atoms with Gasteiger partial charge in [0.25, 0.3) is 0 Å². The molecule has 0 radical (unpaired) electrons. The van der Waals surface area contributed by atoms with Crippen molar-refractivity contribution < 1.29 is 22.7 Å². The van der Waals surface area contributed by atoms with Crippen molar-refractivity contribution in [2.75, 3.05) is 44.4 Å². The van der Waals surface area contributed by atoms with E-state index in [1.54, 1.807) is 12.1 Å². The van der Waals surface area contributed by atoms with Crippen LogP contribution in [0.5, 0.6) is 0 Å². The minimum Gasteiger partial charge on any atom is -0.478 e. The molecule has 6 nitrogen and oxygen atoms in total. The molecule has 5 fully saturated rings. The van der Waals surface area contributed by atoms with E-state index in [1.807, 2.05) is 12.1 Å². The number of alkyl halides is 1. The number of benzene rings is 1. The molecule has 1 aromatic rings. The van der Waals surface area contributed by atoms with Gasteiger partial charge in [-0.05, 0) is 138 Å². The maximum absolute atomic E-state index is 14.6. The molecule has 0 bridgehead atoms. The Morgan fingerprint density at radius 2 is 1.64 bits per heavy atom. The highest BCUT2D eigenvalue weighted by Gasteiger charge is 2.70. The van der Waals surface area contributed by atoms with E-state index in [1.165, 1.54) is 37.7 Å². The van der Waals surface area contributed by atoms with Crippen LogP contribution in [0.3, 0.4) is 0 Å². The summed E-state index contributed by atoms with van der Waals surface area (Å²) in [5.41, 5.74) is 3.48. The van der Waals surface area contributed by atoms with Gasteiger partial charge in [0.1, 0.15) is 0 Å². The number of rotatable bonds is 8. The van der Waals surface area contributed by atoms with E-state index >= 15 is 0 Å². The molecule has 1 heterocycles. The number of halogens is 1. The van der Waals surface area contributed by atoms with E-state index in [9.17, 15) is 22.7 Å². The molecule has 5 aliphatic carbocycles. The van der Waals surface area contributed by atoms with E-state index in [-0.39, 0.29) is 51.3 Å². The van der Waals surface area contributed by atoms with Gasteiger partial charge < -0.3 is 15.3 Å². The normalized spacial score (nSPS) is 42.7. The highest BCUT2D eigenvalue weighted by molar-refractivity contribution is 7.91. The number of allylic oxidation sites excluding steroid dienone is 2. The van der Waals surface area contributed by atoms with Gasteiger partial charge in [-0.15, -0.1) is 0 Å². The van der Waals surface area contributed by atoms with Crippen LogP contribution in [0, 0.1) is 57.2 Å². The number of nitrogens with zero attached hydrogens (tertiary/aromatic N) is 1. The summed E-state index contributed by atoms with van der Waals surface area (Å²) in [6.45, 7) is 17.7. The third-order valence-corrected chi connectivity index (χ3v) is 18.4. The number of carbonyl (C=O) groups is 1. The van der Waals surface area contributed by atoms with Crippen molar-refractivity contribution in [2.24, 2.45) is 57.2 Å². The number of aromatic carboxylic acids is 1. The number of sulfone groups is 1. The van der Waals surface area contributed by atoms with Crippen molar-refractivity contribution in [3.8, 4) is 0 Å². The molecule has 0 aromatic heterocycles. The molecule has 10 atom stereocenters. The van der Waals surface area contributed by atoms with Crippen LogP contribution < -0.4 is 5.32 Å². The van der Waals surface area contributed by atoms with Crippen LogP contribution in [0.4, 0.5) is 4.39 Å². The minimum absolute atomic E-state index is 0.0197. The van der Waals surface area contributed by atoms with Crippen molar-refractivity contribution in [2.45, 2.75) is 105 Å². The van der Waals surface area contributed by atoms with Crippen molar-refractivity contribution in [1.82, 2.24) is 10.2 Å². The Kier molecular flexibility index (Phi) is 9.28. The molecule has 2 N–H and O–H groups in total. The molecule has 10 unspecified atom stereocenters. The third-order valence-electron chi connectivity index (χ3n) is 16.8. The molecule has 0 spiro atoms. The smallest absolute Gasteiger partial charge is 0.335 e. The Labute approximate surface area is 301 Å². The van der Waals surface area contributed by atoms with E-state index in [0.717, 1.165) is 44.3 Å². The van der Waals surface area contributed by atoms with Gasteiger partial charge in [-0.2, -0.15) is 0 Å². The van der Waals surface area contributed by atoms with Crippen LogP contribution in [0.15, 0.2) is 30.3 Å². The third kappa shape index (κ3) is 5.58. The highest BCUT2D eigenvalue weighted by Crippen LogP contribution is 2.76. The summed E-state index contributed by atoms with van der Waals surface area (Å²) in [7, 11) is -2.89. The van der Waals surface area contributed by atoms with Gasteiger partial charge in [0, 0.05) is 31.7 Å². The van der Waals surface area contributed by atoms with Crippen LogP contribution in [-0.4, -0.2) is 74.3 Å². The first-order valence-electron chi connectivity index (χ1n) is 19.8. The predicted molar refractivity (Wildman–Crippen MR) is 199 cm³/mol. The summed E-state index contributed by atoms with van der Waals surface area (Å²) in [6, 6.07) is 7.52. The zero-order valence-corrected chi connectivity index (χ0v) is 32.4. The van der Waals surface area contributed by atoms with Crippen LogP contribution in [0.2, 0.25) is 0 Å². The molecule has 0 amide bonds. The average molecular weight is 711 g/mol. The Morgan fingerprint density at radius 3 is 2.30 bits per heavy atom. The summed E-state index contributed by atoms with van der Waals surface area (Å²) in [4.78, 5) is 13.9. The first-order chi connectivity index (χ1) is 23.5. The van der Waals surface area contributed by atoms with Crippen molar-refractivity contribution >= 4 is 21.4 Å². The van der Waals surface area contributed by atoms with E-state index in [2.05, 4.69) is 57.8 Å². The van der Waals surface area contributed by atoms with Crippen LogP contribution in [0.25, 0.3) is 5.57 Å². The minimum atomic E-state index is -2.89. The lowest BCUT2D eigenvalue weighted by Crippen LogP contribution is -2.68. The van der Waals surface area contributed by atoms with E-state index < -0.39 is 15.8 Å². The summed E-state index contributed by atoms with van der Waals surface area (Å²) in [5.74, 6) is 2.34. The molecule has 278 valence electrons. The fraction of sp³-hybridized carbons (Fsp3) is 0.786. The zero-order chi connectivity index (χ0) is 35.9. The number of carboxylic acid groups (broad SMARTS) is 1. The van der Waals surface area contributed by atoms with Crippen molar-refractivity contribution in [1.29, 1.82) is 0 Å². The quantitative estimate of drug-likeness (QED) is 0.284. The number of carboxylic acids is 1. The summed E-state index contributed by atoms with van der Waals surface area (Å²) >= 11 is 0. The molecule has 1 saturated heterocycles. The number of hydrogen-bond acceptors (Lipinski definition) is 5. The summed E-state index contributed by atoms with van der Waals surface area (Å²) in [5, 5.41) is 13.6. The molecule has 50 heavy (non-hydrogen) atoms. The van der Waals surface area contributed by atoms with Crippen LogP contribution in [-0.2, 0) is 9.84 Å². The second-order valence-electron chi connectivity index (χ2n) is 19.0. The van der Waals surface area contributed by atoms with Gasteiger partial charge in [0.2, 0.25) is 0 Å². The molecular formula is C42H63FN2O4S. The molecule has 7 rings (SSSR count). The Balaban J connectivity index is 1.15. The highest BCUT2D eigenvalue weighted by atomic mass is 32.2. The summed E-state index contributed by atoms with van der Waals surface area (Å²) in [6.07, 6.45) is 13.1. The van der Waals surface area contributed by atoms with Crippen LogP contribution in [0.1, 0.15) is 115 Å². The first-order valence-corrected chi connectivity index (χ1v) is 21.6. The average Bonchev–Trinajstić information content (AvgIpc) is 3.45. The lowest BCUT2D eigenvalue weighted by Gasteiger charge is -2.72. The lowest BCUT2D eigenvalue weighted by atomic mass is 9.33. The molecule has 6 aliphatic rings. The second-order valence-corrected chi connectivity index (χ2v) is 21.3. The molecule has 8 heteroatoms. The fourth-order valence-corrected chi connectivity index (χ4v) is 15.3.